The molecule has 0 bridgehead atoms. The third-order valence-electron chi connectivity index (χ3n) is 3.54. The first-order valence-electron chi connectivity index (χ1n) is 7.01. The number of benzene rings is 2. The molecule has 4 nitrogen and oxygen atoms in total. The second kappa shape index (κ2) is 6.25. The Kier molecular flexibility index (Phi) is 3.99. The summed E-state index contributed by atoms with van der Waals surface area (Å²) in [5.41, 5.74) is 2.51. The van der Waals surface area contributed by atoms with Crippen LogP contribution in [0.1, 0.15) is 28.6 Å². The van der Waals surface area contributed by atoms with Crippen molar-refractivity contribution in [3.05, 3.63) is 89.5 Å². The highest BCUT2D eigenvalue weighted by atomic mass is 16.3. The lowest BCUT2D eigenvalue weighted by molar-refractivity contribution is 0.205. The van der Waals surface area contributed by atoms with Gasteiger partial charge in [-0.25, -0.2) is 4.98 Å². The molecule has 4 heteroatoms. The molecule has 3 aromatic rings. The van der Waals surface area contributed by atoms with Gasteiger partial charge in [0.2, 0.25) is 0 Å². The molecule has 22 heavy (non-hydrogen) atoms. The number of hydrogen-bond donors (Lipinski definition) is 1. The van der Waals surface area contributed by atoms with E-state index in [0.29, 0.717) is 17.9 Å². The van der Waals surface area contributed by atoms with Gasteiger partial charge in [0.05, 0.1) is 11.6 Å². The molecule has 0 aliphatic rings. The van der Waals surface area contributed by atoms with Crippen molar-refractivity contribution >= 4 is 0 Å². The van der Waals surface area contributed by atoms with E-state index in [2.05, 4.69) is 11.1 Å². The van der Waals surface area contributed by atoms with Crippen molar-refractivity contribution in [2.75, 3.05) is 0 Å². The molecule has 1 atom stereocenters. The molecule has 1 heterocycles. The fourth-order valence-electron chi connectivity index (χ4n) is 2.37. The fourth-order valence-corrected chi connectivity index (χ4v) is 2.37. The Morgan fingerprint density at radius 1 is 1.09 bits per heavy atom. The standard InChI is InChI=1S/C18H15N3O/c19-12-14-6-8-15(9-7-14)13-21-11-10-20-18(21)17(22)16-4-2-1-3-5-16/h1-11,17,22H,13H2/t17-/m1/s1. The number of imidazole rings is 1. The average Bonchev–Trinajstić information content (AvgIpc) is 3.04. The first kappa shape index (κ1) is 14.1. The molecule has 0 fully saturated rings. The van der Waals surface area contributed by atoms with E-state index < -0.39 is 6.10 Å². The van der Waals surface area contributed by atoms with Crippen molar-refractivity contribution in [3.8, 4) is 6.07 Å². The average molecular weight is 289 g/mol. The van der Waals surface area contributed by atoms with Gasteiger partial charge in [-0.1, -0.05) is 42.5 Å². The molecule has 1 N–H and O–H groups in total. The summed E-state index contributed by atoms with van der Waals surface area (Å²) in [7, 11) is 0. The second-order valence-electron chi connectivity index (χ2n) is 5.04. The first-order chi connectivity index (χ1) is 10.8. The summed E-state index contributed by atoms with van der Waals surface area (Å²) in [5, 5.41) is 19.3. The van der Waals surface area contributed by atoms with Gasteiger partial charge in [-0.05, 0) is 23.3 Å². The minimum absolute atomic E-state index is 0.602. The molecule has 0 radical (unpaired) electrons. The van der Waals surface area contributed by atoms with Crippen LogP contribution in [-0.4, -0.2) is 14.7 Å². The van der Waals surface area contributed by atoms with E-state index in [9.17, 15) is 5.11 Å². The van der Waals surface area contributed by atoms with Crippen LogP contribution >= 0.6 is 0 Å². The van der Waals surface area contributed by atoms with E-state index in [0.717, 1.165) is 11.1 Å². The molecular weight excluding hydrogens is 274 g/mol. The number of aromatic nitrogens is 2. The van der Waals surface area contributed by atoms with Gasteiger partial charge in [0, 0.05) is 18.9 Å². The van der Waals surface area contributed by atoms with Crippen molar-refractivity contribution < 1.29 is 5.11 Å². The van der Waals surface area contributed by atoms with Crippen LogP contribution < -0.4 is 0 Å². The molecule has 0 unspecified atom stereocenters. The van der Waals surface area contributed by atoms with Gasteiger partial charge >= 0.3 is 0 Å². The Morgan fingerprint density at radius 3 is 2.50 bits per heavy atom. The Bertz CT molecular complexity index is 785. The first-order valence-corrected chi connectivity index (χ1v) is 7.01. The summed E-state index contributed by atoms with van der Waals surface area (Å²) in [4.78, 5) is 4.28. The lowest BCUT2D eigenvalue weighted by Crippen LogP contribution is -2.10. The molecule has 0 amide bonds. The van der Waals surface area contributed by atoms with Crippen LogP contribution in [-0.2, 0) is 6.54 Å². The van der Waals surface area contributed by atoms with Crippen LogP contribution in [0.4, 0.5) is 0 Å². The maximum absolute atomic E-state index is 10.5. The quantitative estimate of drug-likeness (QED) is 0.803. The van der Waals surface area contributed by atoms with Crippen LogP contribution in [0.25, 0.3) is 0 Å². The van der Waals surface area contributed by atoms with Crippen molar-refractivity contribution in [1.29, 1.82) is 5.26 Å². The molecule has 1 aromatic heterocycles. The maximum atomic E-state index is 10.5. The van der Waals surface area contributed by atoms with E-state index in [1.54, 1.807) is 18.3 Å². The SMILES string of the molecule is N#Cc1ccc(Cn2ccnc2[C@H](O)c2ccccc2)cc1. The van der Waals surface area contributed by atoms with Crippen molar-refractivity contribution in [3.63, 3.8) is 0 Å². The monoisotopic (exact) mass is 289 g/mol. The van der Waals surface area contributed by atoms with Crippen molar-refractivity contribution in [2.24, 2.45) is 0 Å². The summed E-state index contributed by atoms with van der Waals surface area (Å²) >= 11 is 0. The second-order valence-corrected chi connectivity index (χ2v) is 5.04. The number of aliphatic hydroxyl groups is 1. The molecule has 108 valence electrons. The van der Waals surface area contributed by atoms with Gasteiger partial charge in [-0.2, -0.15) is 5.26 Å². The lowest BCUT2D eigenvalue weighted by atomic mass is 10.1. The van der Waals surface area contributed by atoms with Crippen LogP contribution in [0.15, 0.2) is 67.0 Å². The van der Waals surface area contributed by atoms with Crippen molar-refractivity contribution in [1.82, 2.24) is 9.55 Å². The third kappa shape index (κ3) is 2.90. The predicted molar refractivity (Wildman–Crippen MR) is 83.0 cm³/mol. The van der Waals surface area contributed by atoms with Gasteiger partial charge in [0.1, 0.15) is 11.9 Å². The van der Waals surface area contributed by atoms with E-state index in [1.807, 2.05) is 53.2 Å². The fraction of sp³-hybridized carbons (Fsp3) is 0.111. The highest BCUT2D eigenvalue weighted by Gasteiger charge is 2.15. The Labute approximate surface area is 128 Å². The van der Waals surface area contributed by atoms with Crippen LogP contribution in [0, 0.1) is 11.3 Å². The Hall–Kier alpha value is -2.90. The number of nitriles is 1. The maximum Gasteiger partial charge on any atom is 0.142 e. The van der Waals surface area contributed by atoms with Gasteiger partial charge in [-0.15, -0.1) is 0 Å². The van der Waals surface area contributed by atoms with Crippen LogP contribution in [0.2, 0.25) is 0 Å². The number of aliphatic hydroxyl groups excluding tert-OH is 1. The highest BCUT2D eigenvalue weighted by Crippen LogP contribution is 2.21. The largest absolute Gasteiger partial charge is 0.380 e. The van der Waals surface area contributed by atoms with Gasteiger partial charge in [0.15, 0.2) is 0 Å². The Morgan fingerprint density at radius 2 is 1.82 bits per heavy atom. The van der Waals surface area contributed by atoms with E-state index in [-0.39, 0.29) is 0 Å². The number of rotatable bonds is 4. The van der Waals surface area contributed by atoms with Crippen molar-refractivity contribution in [2.45, 2.75) is 12.6 Å². The lowest BCUT2D eigenvalue weighted by Gasteiger charge is -2.13. The van der Waals surface area contributed by atoms with Gasteiger partial charge in [-0.3, -0.25) is 0 Å². The van der Waals surface area contributed by atoms with Crippen LogP contribution in [0.3, 0.4) is 0 Å². The molecule has 0 saturated carbocycles. The number of hydrogen-bond acceptors (Lipinski definition) is 3. The molecular formula is C18H15N3O. The van der Waals surface area contributed by atoms with Gasteiger partial charge < -0.3 is 9.67 Å². The minimum Gasteiger partial charge on any atom is -0.380 e. The summed E-state index contributed by atoms with van der Waals surface area (Å²) in [6.07, 6.45) is 2.78. The molecule has 0 spiro atoms. The zero-order chi connectivity index (χ0) is 15.4. The minimum atomic E-state index is -0.755. The van der Waals surface area contributed by atoms with E-state index in [4.69, 9.17) is 5.26 Å². The van der Waals surface area contributed by atoms with E-state index in [1.165, 1.54) is 0 Å². The summed E-state index contributed by atoms with van der Waals surface area (Å²) in [6.45, 7) is 0.602. The van der Waals surface area contributed by atoms with Crippen LogP contribution in [0.5, 0.6) is 0 Å². The molecule has 0 saturated heterocycles. The molecule has 3 rings (SSSR count). The third-order valence-corrected chi connectivity index (χ3v) is 3.54. The summed E-state index contributed by atoms with van der Waals surface area (Å²) < 4.78 is 1.92. The molecule has 0 aliphatic carbocycles. The Balaban J connectivity index is 1.84. The zero-order valence-corrected chi connectivity index (χ0v) is 11.9. The predicted octanol–water partition coefficient (Wildman–Crippen LogP) is 2.88. The normalized spacial score (nSPS) is 11.8. The zero-order valence-electron chi connectivity index (χ0n) is 11.9. The topological polar surface area (TPSA) is 61.8 Å². The molecule has 2 aromatic carbocycles. The smallest absolute Gasteiger partial charge is 0.142 e. The molecule has 0 aliphatic heterocycles. The number of nitrogens with zero attached hydrogens (tertiary/aromatic N) is 3. The summed E-state index contributed by atoms with van der Waals surface area (Å²) in [5.74, 6) is 0.607. The van der Waals surface area contributed by atoms with Gasteiger partial charge in [0.25, 0.3) is 0 Å². The van der Waals surface area contributed by atoms with E-state index >= 15 is 0 Å². The highest BCUT2D eigenvalue weighted by molar-refractivity contribution is 5.32. The summed E-state index contributed by atoms with van der Waals surface area (Å²) in [6, 6.07) is 19.0.